The highest BCUT2D eigenvalue weighted by atomic mass is 32.2. The fourth-order valence-corrected chi connectivity index (χ4v) is 7.73. The Hall–Kier alpha value is -3.37. The number of nitrogen functional groups attached to an aromatic ring is 1. The van der Waals surface area contributed by atoms with Crippen LogP contribution in [0.5, 0.6) is 6.01 Å². The number of fused-ring (bicyclic) bond motifs is 4. The van der Waals surface area contributed by atoms with Crippen LogP contribution in [-0.4, -0.2) is 40.7 Å². The van der Waals surface area contributed by atoms with Gasteiger partial charge in [-0.25, -0.2) is 8.78 Å². The number of thiophene rings is 1. The topological polar surface area (TPSA) is 88.1 Å². The van der Waals surface area contributed by atoms with Crippen molar-refractivity contribution >= 4 is 54.9 Å². The van der Waals surface area contributed by atoms with Gasteiger partial charge in [-0.1, -0.05) is 6.07 Å². The zero-order valence-electron chi connectivity index (χ0n) is 19.7. The summed E-state index contributed by atoms with van der Waals surface area (Å²) in [6, 6.07) is 4.54. The number of alkyl halides is 3. The number of anilines is 2. The van der Waals surface area contributed by atoms with E-state index in [1.165, 1.54) is 7.11 Å². The van der Waals surface area contributed by atoms with Crippen LogP contribution in [0.25, 0.3) is 32.1 Å². The van der Waals surface area contributed by atoms with Gasteiger partial charge in [-0.3, -0.25) is 0 Å². The average molecular weight is 564 g/mol. The highest BCUT2D eigenvalue weighted by Crippen LogP contribution is 2.49. The molecule has 2 N–H and O–H groups in total. The van der Waals surface area contributed by atoms with Crippen molar-refractivity contribution in [3.05, 3.63) is 41.0 Å². The lowest BCUT2D eigenvalue weighted by Crippen LogP contribution is -2.43. The van der Waals surface area contributed by atoms with Crippen molar-refractivity contribution in [3.63, 3.8) is 0 Å². The number of methoxy groups -OCH3 is 1. The van der Waals surface area contributed by atoms with Gasteiger partial charge in [0.25, 0.3) is 0 Å². The molecule has 2 saturated heterocycles. The van der Waals surface area contributed by atoms with Gasteiger partial charge in [0.15, 0.2) is 5.82 Å². The van der Waals surface area contributed by atoms with Crippen molar-refractivity contribution < 1.29 is 26.7 Å². The summed E-state index contributed by atoms with van der Waals surface area (Å²) >= 11 is 2.49. The second-order valence-electron chi connectivity index (χ2n) is 9.12. The molecule has 2 aromatic carbocycles. The van der Waals surface area contributed by atoms with Crippen LogP contribution in [0.3, 0.4) is 0 Å². The molecule has 2 unspecified atom stereocenters. The van der Waals surface area contributed by atoms with E-state index < -0.39 is 28.9 Å². The molecule has 4 aromatic rings. The summed E-state index contributed by atoms with van der Waals surface area (Å²) in [4.78, 5) is 10.5. The maximum Gasteiger partial charge on any atom is 0.417 e. The fourth-order valence-electron chi connectivity index (χ4n) is 5.45. The van der Waals surface area contributed by atoms with E-state index in [0.717, 1.165) is 53.9 Å². The predicted molar refractivity (Wildman–Crippen MR) is 138 cm³/mol. The van der Waals surface area contributed by atoms with Crippen molar-refractivity contribution in [3.8, 4) is 23.2 Å². The molecule has 2 aliphatic rings. The SMILES string of the molecule is COc1nc(N2C3CCC2CSC3)c2cc(C(F)(F)F)c(-c3ccc(F)c4sc(N)c(C#N)c34)c(F)c2n1. The van der Waals surface area contributed by atoms with Gasteiger partial charge in [0.05, 0.1) is 22.9 Å². The second kappa shape index (κ2) is 8.84. The molecule has 0 radical (unpaired) electrons. The molecule has 0 saturated carbocycles. The van der Waals surface area contributed by atoms with Crippen LogP contribution < -0.4 is 15.4 Å². The number of nitrogens with zero attached hydrogens (tertiary/aromatic N) is 4. The monoisotopic (exact) mass is 563 g/mol. The minimum Gasteiger partial charge on any atom is -0.467 e. The lowest BCUT2D eigenvalue weighted by molar-refractivity contribution is -0.137. The first-order valence-electron chi connectivity index (χ1n) is 11.6. The smallest absolute Gasteiger partial charge is 0.417 e. The van der Waals surface area contributed by atoms with E-state index >= 15 is 4.39 Å². The molecule has 2 aliphatic heterocycles. The number of hydrogen-bond donors (Lipinski definition) is 1. The number of rotatable bonds is 3. The Morgan fingerprint density at radius 3 is 2.50 bits per heavy atom. The van der Waals surface area contributed by atoms with Crippen molar-refractivity contribution in [2.75, 3.05) is 29.2 Å². The van der Waals surface area contributed by atoms with E-state index in [1.54, 1.807) is 11.8 Å². The van der Waals surface area contributed by atoms with Crippen LogP contribution in [0, 0.1) is 23.0 Å². The summed E-state index contributed by atoms with van der Waals surface area (Å²) in [6.07, 6.45) is -3.29. The Morgan fingerprint density at radius 2 is 1.87 bits per heavy atom. The Bertz CT molecular complexity index is 1650. The first-order valence-corrected chi connectivity index (χ1v) is 13.5. The molecule has 2 aromatic heterocycles. The molecule has 13 heteroatoms. The van der Waals surface area contributed by atoms with E-state index in [1.807, 2.05) is 11.0 Å². The quantitative estimate of drug-likeness (QED) is 0.291. The molecule has 6 nitrogen and oxygen atoms in total. The predicted octanol–water partition coefficient (Wildman–Crippen LogP) is 6.36. The van der Waals surface area contributed by atoms with E-state index in [0.29, 0.717) is 0 Å². The summed E-state index contributed by atoms with van der Waals surface area (Å²) in [5.41, 5.74) is 2.89. The number of halogens is 5. The van der Waals surface area contributed by atoms with Gasteiger partial charge in [-0.15, -0.1) is 11.3 Å². The molecular formula is C25H18F5N5OS2. The maximum atomic E-state index is 16.4. The van der Waals surface area contributed by atoms with Crippen LogP contribution >= 0.6 is 23.1 Å². The Balaban J connectivity index is 1.73. The number of hydrogen-bond acceptors (Lipinski definition) is 8. The van der Waals surface area contributed by atoms with Crippen LogP contribution in [0.4, 0.5) is 32.8 Å². The van der Waals surface area contributed by atoms with E-state index in [2.05, 4.69) is 9.97 Å². The molecule has 2 fully saturated rings. The standard InChI is InChI=1S/C25H18F5N5OS2/c1-36-24-33-20-13(23(34-24)35-10-2-3-11(35)9-37-8-10)6-15(25(28,29)30)18(19(20)27)12-4-5-16(26)21-17(12)14(7-31)22(32)38-21/h4-6,10-11H,2-3,8-9,32H2,1H3. The van der Waals surface area contributed by atoms with Gasteiger partial charge in [-0.2, -0.15) is 40.2 Å². The number of thioether (sulfide) groups is 1. The number of benzene rings is 2. The number of nitriles is 1. The van der Waals surface area contributed by atoms with Crippen molar-refractivity contribution in [2.45, 2.75) is 31.1 Å². The average Bonchev–Trinajstić information content (AvgIpc) is 3.35. The molecule has 38 heavy (non-hydrogen) atoms. The molecule has 2 atom stereocenters. The zero-order valence-corrected chi connectivity index (χ0v) is 21.3. The Labute approximate surface area is 221 Å². The minimum absolute atomic E-state index is 0.0438. The third-order valence-corrected chi connectivity index (χ3v) is 9.33. The fraction of sp³-hybridized carbons (Fsp3) is 0.320. The minimum atomic E-state index is -4.99. The normalized spacial score (nSPS) is 19.3. The van der Waals surface area contributed by atoms with Crippen molar-refractivity contribution in [2.24, 2.45) is 0 Å². The van der Waals surface area contributed by atoms with Crippen LogP contribution in [0.2, 0.25) is 0 Å². The lowest BCUT2D eigenvalue weighted by Gasteiger charge is -2.36. The van der Waals surface area contributed by atoms with Gasteiger partial charge in [0.2, 0.25) is 0 Å². The Kier molecular flexibility index (Phi) is 5.80. The molecule has 2 bridgehead atoms. The van der Waals surface area contributed by atoms with E-state index in [9.17, 15) is 22.8 Å². The number of ether oxygens (including phenoxy) is 1. The van der Waals surface area contributed by atoms with Gasteiger partial charge in [-0.05, 0) is 30.5 Å². The highest BCUT2D eigenvalue weighted by Gasteiger charge is 2.42. The van der Waals surface area contributed by atoms with Crippen molar-refractivity contribution in [1.82, 2.24) is 9.97 Å². The van der Waals surface area contributed by atoms with Gasteiger partial charge < -0.3 is 15.4 Å². The molecule has 196 valence electrons. The molecule has 0 spiro atoms. The first kappa shape index (κ1) is 24.9. The maximum absolute atomic E-state index is 16.4. The highest BCUT2D eigenvalue weighted by molar-refractivity contribution is 7.99. The summed E-state index contributed by atoms with van der Waals surface area (Å²) in [5.74, 6) is -0.293. The van der Waals surface area contributed by atoms with Crippen LogP contribution in [0.15, 0.2) is 18.2 Å². The summed E-state index contributed by atoms with van der Waals surface area (Å²) in [7, 11) is 1.30. The number of aromatic nitrogens is 2. The largest absolute Gasteiger partial charge is 0.467 e. The van der Waals surface area contributed by atoms with Crippen LogP contribution in [0.1, 0.15) is 24.0 Å². The summed E-state index contributed by atoms with van der Waals surface area (Å²) < 4.78 is 79.9. The zero-order chi connectivity index (χ0) is 26.9. The molecule has 4 heterocycles. The summed E-state index contributed by atoms with van der Waals surface area (Å²) in [5, 5.41) is 9.29. The lowest BCUT2D eigenvalue weighted by atomic mass is 9.92. The molecule has 0 aliphatic carbocycles. The van der Waals surface area contributed by atoms with E-state index in [-0.39, 0.29) is 61.0 Å². The van der Waals surface area contributed by atoms with Gasteiger partial charge in [0, 0.05) is 39.9 Å². The first-order chi connectivity index (χ1) is 18.1. The molecular weight excluding hydrogens is 545 g/mol. The van der Waals surface area contributed by atoms with Gasteiger partial charge in [0.1, 0.15) is 28.2 Å². The van der Waals surface area contributed by atoms with E-state index in [4.69, 9.17) is 10.5 Å². The van der Waals surface area contributed by atoms with Crippen molar-refractivity contribution in [1.29, 1.82) is 5.26 Å². The van der Waals surface area contributed by atoms with Crippen LogP contribution in [-0.2, 0) is 6.18 Å². The Morgan fingerprint density at radius 1 is 1.16 bits per heavy atom. The third kappa shape index (κ3) is 3.65. The second-order valence-corrected chi connectivity index (χ2v) is 11.2. The summed E-state index contributed by atoms with van der Waals surface area (Å²) in [6.45, 7) is 0. The number of nitrogens with two attached hydrogens (primary N) is 1. The third-order valence-electron chi connectivity index (χ3n) is 7.06. The molecule has 6 rings (SSSR count). The van der Waals surface area contributed by atoms with Gasteiger partial charge >= 0.3 is 12.2 Å². The molecule has 0 amide bonds.